The summed E-state index contributed by atoms with van der Waals surface area (Å²) in [4.78, 5) is 24.7. The molecular weight excluding hydrogens is 292 g/mol. The van der Waals surface area contributed by atoms with Crippen molar-refractivity contribution in [2.45, 2.75) is 58.8 Å². The highest BCUT2D eigenvalue weighted by atomic mass is 16.6. The van der Waals surface area contributed by atoms with Crippen molar-refractivity contribution in [1.82, 2.24) is 4.90 Å². The fraction of sp³-hybridized carbons (Fsp3) is 0.611. The number of amides is 1. The van der Waals surface area contributed by atoms with Crippen molar-refractivity contribution in [2.24, 2.45) is 0 Å². The van der Waals surface area contributed by atoms with Crippen LogP contribution in [0.1, 0.15) is 57.9 Å². The van der Waals surface area contributed by atoms with Crippen LogP contribution in [0.25, 0.3) is 0 Å². The first-order valence-corrected chi connectivity index (χ1v) is 8.59. The van der Waals surface area contributed by atoms with Gasteiger partial charge >= 0.3 is 0 Å². The summed E-state index contributed by atoms with van der Waals surface area (Å²) in [6.07, 6.45) is 6.93. The minimum absolute atomic E-state index is 0.0592. The highest BCUT2D eigenvalue weighted by Crippen LogP contribution is 2.13. The summed E-state index contributed by atoms with van der Waals surface area (Å²) in [7, 11) is 0. The van der Waals surface area contributed by atoms with Gasteiger partial charge in [0, 0.05) is 25.2 Å². The molecule has 23 heavy (non-hydrogen) atoms. The molecule has 1 aromatic rings. The summed E-state index contributed by atoms with van der Waals surface area (Å²) in [5.41, 5.74) is 0.889. The summed E-state index contributed by atoms with van der Waals surface area (Å²) in [6.45, 7) is 5.92. The van der Waals surface area contributed by atoms with Crippen molar-refractivity contribution in [2.75, 3.05) is 13.1 Å². The second kappa shape index (κ2) is 10.8. The molecule has 128 valence electrons. The van der Waals surface area contributed by atoms with Crippen LogP contribution in [0.3, 0.4) is 0 Å². The first kappa shape index (κ1) is 19.1. The van der Waals surface area contributed by atoms with Gasteiger partial charge in [-0.25, -0.2) is 0 Å². The van der Waals surface area contributed by atoms with Gasteiger partial charge in [-0.15, -0.1) is 0 Å². The second-order valence-corrected chi connectivity index (χ2v) is 5.90. The van der Waals surface area contributed by atoms with Crippen LogP contribution in [0.4, 0.5) is 5.69 Å². The number of unbranched alkanes of at least 4 members (excludes halogenated alkanes) is 4. The lowest BCUT2D eigenvalue weighted by atomic mass is 10.1. The Kier molecular flexibility index (Phi) is 8.95. The maximum Gasteiger partial charge on any atom is 0.269 e. The van der Waals surface area contributed by atoms with E-state index in [1.54, 1.807) is 12.1 Å². The quantitative estimate of drug-likeness (QED) is 0.346. The molecule has 5 heteroatoms. The van der Waals surface area contributed by atoms with Gasteiger partial charge in [-0.2, -0.15) is 0 Å². The molecule has 0 N–H and O–H groups in total. The number of benzene rings is 1. The Balaban J connectivity index is 2.61. The summed E-state index contributed by atoms with van der Waals surface area (Å²) in [5, 5.41) is 10.7. The standard InChI is InChI=1S/C18H28N2O3/c1-3-5-7-13-19(14-8-6-4-2)18(21)15-16-9-11-17(12-10-16)20(22)23/h9-12H,3-8,13-15H2,1-2H3. The average Bonchev–Trinajstić information content (AvgIpc) is 2.54. The van der Waals surface area contributed by atoms with Crippen molar-refractivity contribution >= 4 is 11.6 Å². The van der Waals surface area contributed by atoms with Crippen LogP contribution < -0.4 is 0 Å². The Hall–Kier alpha value is -1.91. The third-order valence-corrected chi connectivity index (χ3v) is 3.92. The number of hydrogen-bond acceptors (Lipinski definition) is 3. The predicted octanol–water partition coefficient (Wildman–Crippen LogP) is 4.35. The number of nitro benzene ring substituents is 1. The Bertz CT molecular complexity index is 476. The van der Waals surface area contributed by atoms with E-state index in [9.17, 15) is 14.9 Å². The van der Waals surface area contributed by atoms with Gasteiger partial charge in [0.1, 0.15) is 0 Å². The lowest BCUT2D eigenvalue weighted by Crippen LogP contribution is -2.34. The number of nitro groups is 1. The van der Waals surface area contributed by atoms with Gasteiger partial charge in [0.05, 0.1) is 11.3 Å². The maximum absolute atomic E-state index is 12.5. The van der Waals surface area contributed by atoms with Gasteiger partial charge in [0.2, 0.25) is 5.91 Å². The minimum Gasteiger partial charge on any atom is -0.342 e. The predicted molar refractivity (Wildman–Crippen MR) is 92.4 cm³/mol. The van der Waals surface area contributed by atoms with Crippen LogP contribution in [-0.2, 0) is 11.2 Å². The Morgan fingerprint density at radius 2 is 1.52 bits per heavy atom. The first-order chi connectivity index (χ1) is 11.1. The summed E-state index contributed by atoms with van der Waals surface area (Å²) in [6, 6.07) is 6.26. The molecule has 0 saturated heterocycles. The maximum atomic E-state index is 12.5. The third-order valence-electron chi connectivity index (χ3n) is 3.92. The van der Waals surface area contributed by atoms with E-state index in [1.165, 1.54) is 12.1 Å². The molecule has 0 saturated carbocycles. The molecule has 1 rings (SSSR count). The van der Waals surface area contributed by atoms with Crippen LogP contribution in [0.5, 0.6) is 0 Å². The number of non-ortho nitro benzene ring substituents is 1. The van der Waals surface area contributed by atoms with Crippen LogP contribution in [0, 0.1) is 10.1 Å². The minimum atomic E-state index is -0.423. The molecule has 0 bridgehead atoms. The molecule has 0 aromatic heterocycles. The fourth-order valence-electron chi connectivity index (χ4n) is 2.49. The Morgan fingerprint density at radius 3 is 1.96 bits per heavy atom. The van der Waals surface area contributed by atoms with E-state index in [0.29, 0.717) is 6.42 Å². The fourth-order valence-corrected chi connectivity index (χ4v) is 2.49. The van der Waals surface area contributed by atoms with Crippen molar-refractivity contribution in [1.29, 1.82) is 0 Å². The van der Waals surface area contributed by atoms with Gasteiger partial charge in [-0.05, 0) is 18.4 Å². The zero-order valence-electron chi connectivity index (χ0n) is 14.3. The van der Waals surface area contributed by atoms with Gasteiger partial charge in [-0.1, -0.05) is 51.7 Å². The first-order valence-electron chi connectivity index (χ1n) is 8.59. The van der Waals surface area contributed by atoms with E-state index >= 15 is 0 Å². The molecular formula is C18H28N2O3. The van der Waals surface area contributed by atoms with Gasteiger partial charge in [0.15, 0.2) is 0 Å². The van der Waals surface area contributed by atoms with E-state index in [4.69, 9.17) is 0 Å². The summed E-state index contributed by atoms with van der Waals surface area (Å²) >= 11 is 0. The zero-order valence-corrected chi connectivity index (χ0v) is 14.3. The molecule has 0 unspecified atom stereocenters. The smallest absolute Gasteiger partial charge is 0.269 e. The second-order valence-electron chi connectivity index (χ2n) is 5.90. The summed E-state index contributed by atoms with van der Waals surface area (Å²) < 4.78 is 0. The number of rotatable bonds is 11. The number of nitrogens with zero attached hydrogens (tertiary/aromatic N) is 2. The van der Waals surface area contributed by atoms with Crippen LogP contribution in [-0.4, -0.2) is 28.8 Å². The van der Waals surface area contributed by atoms with Gasteiger partial charge in [-0.3, -0.25) is 14.9 Å². The molecule has 0 fully saturated rings. The molecule has 0 aliphatic carbocycles. The number of carbonyl (C=O) groups is 1. The largest absolute Gasteiger partial charge is 0.342 e. The van der Waals surface area contributed by atoms with Gasteiger partial charge < -0.3 is 4.90 Å². The highest BCUT2D eigenvalue weighted by Gasteiger charge is 2.14. The lowest BCUT2D eigenvalue weighted by molar-refractivity contribution is -0.384. The summed E-state index contributed by atoms with van der Waals surface area (Å²) in [5.74, 6) is 0.117. The topological polar surface area (TPSA) is 63.5 Å². The van der Waals surface area contributed by atoms with E-state index in [0.717, 1.165) is 57.2 Å². The third kappa shape index (κ3) is 7.26. The normalized spacial score (nSPS) is 10.5. The highest BCUT2D eigenvalue weighted by molar-refractivity contribution is 5.78. The monoisotopic (exact) mass is 320 g/mol. The molecule has 1 amide bonds. The number of carbonyl (C=O) groups excluding carboxylic acids is 1. The van der Waals surface area contributed by atoms with Crippen LogP contribution >= 0.6 is 0 Å². The van der Waals surface area contributed by atoms with Crippen molar-refractivity contribution in [3.05, 3.63) is 39.9 Å². The lowest BCUT2D eigenvalue weighted by Gasteiger charge is -2.23. The van der Waals surface area contributed by atoms with Crippen molar-refractivity contribution < 1.29 is 9.72 Å². The molecule has 0 aliphatic rings. The van der Waals surface area contributed by atoms with E-state index in [2.05, 4.69) is 13.8 Å². The van der Waals surface area contributed by atoms with E-state index in [1.807, 2.05) is 4.90 Å². The molecule has 0 spiro atoms. The van der Waals surface area contributed by atoms with Crippen LogP contribution in [0.2, 0.25) is 0 Å². The van der Waals surface area contributed by atoms with E-state index < -0.39 is 4.92 Å². The molecule has 5 nitrogen and oxygen atoms in total. The molecule has 0 radical (unpaired) electrons. The zero-order chi connectivity index (χ0) is 17.1. The number of hydrogen-bond donors (Lipinski definition) is 0. The molecule has 0 aliphatic heterocycles. The molecule has 1 aromatic carbocycles. The SMILES string of the molecule is CCCCCN(CCCCC)C(=O)Cc1ccc([N+](=O)[O-])cc1. The van der Waals surface area contributed by atoms with Crippen molar-refractivity contribution in [3.63, 3.8) is 0 Å². The Morgan fingerprint density at radius 1 is 1.00 bits per heavy atom. The van der Waals surface area contributed by atoms with Crippen molar-refractivity contribution in [3.8, 4) is 0 Å². The Labute approximate surface area is 138 Å². The molecule has 0 atom stereocenters. The molecule has 0 heterocycles. The van der Waals surface area contributed by atoms with Gasteiger partial charge in [0.25, 0.3) is 5.69 Å². The van der Waals surface area contributed by atoms with E-state index in [-0.39, 0.29) is 11.6 Å². The average molecular weight is 320 g/mol. The van der Waals surface area contributed by atoms with Crippen LogP contribution in [0.15, 0.2) is 24.3 Å².